The maximum Gasteiger partial charge on any atom is 0.422 e. The third-order valence-corrected chi connectivity index (χ3v) is 5.94. The lowest BCUT2D eigenvalue weighted by molar-refractivity contribution is -0.153. The zero-order valence-corrected chi connectivity index (χ0v) is 17.8. The van der Waals surface area contributed by atoms with Crippen molar-refractivity contribution in [1.29, 1.82) is 0 Å². The molecule has 2 N–H and O–H groups in total. The fourth-order valence-corrected chi connectivity index (χ4v) is 3.51. The Morgan fingerprint density at radius 3 is 2.27 bits per heavy atom. The molecule has 0 aliphatic carbocycles. The monoisotopic (exact) mass is 488 g/mol. The summed E-state index contributed by atoms with van der Waals surface area (Å²) in [5.74, 6) is -2.36. The fourth-order valence-electron chi connectivity index (χ4n) is 2.61. The van der Waals surface area contributed by atoms with E-state index in [0.717, 1.165) is 36.7 Å². The average molecular weight is 488 g/mol. The maximum absolute atomic E-state index is 13.4. The van der Waals surface area contributed by atoms with E-state index < -0.39 is 34.3 Å². The molecule has 3 rings (SSSR count). The summed E-state index contributed by atoms with van der Waals surface area (Å²) in [6.45, 7) is -0.161. The molecule has 2 aromatic carbocycles. The van der Waals surface area contributed by atoms with Gasteiger partial charge < -0.3 is 15.4 Å². The van der Waals surface area contributed by atoms with Crippen molar-refractivity contribution in [2.75, 3.05) is 23.0 Å². The predicted octanol–water partition coefficient (Wildman–Crippen LogP) is 4.98. The number of benzene rings is 2. The summed E-state index contributed by atoms with van der Waals surface area (Å²) in [6, 6.07) is 7.82. The topological polar surface area (TPSA) is 93.2 Å². The zero-order chi connectivity index (χ0) is 24.2. The van der Waals surface area contributed by atoms with Gasteiger partial charge in [0.1, 0.15) is 23.7 Å². The van der Waals surface area contributed by atoms with Gasteiger partial charge in [0.05, 0.1) is 16.3 Å². The lowest BCUT2D eigenvalue weighted by atomic mass is 10.3. The molecule has 0 bridgehead atoms. The van der Waals surface area contributed by atoms with E-state index in [0.29, 0.717) is 0 Å². The first kappa shape index (κ1) is 24.2. The van der Waals surface area contributed by atoms with Gasteiger partial charge in [0.25, 0.3) is 0 Å². The van der Waals surface area contributed by atoms with E-state index in [4.69, 9.17) is 4.74 Å². The Bertz CT molecular complexity index is 1250. The van der Waals surface area contributed by atoms with Gasteiger partial charge in [0, 0.05) is 17.8 Å². The molecule has 0 saturated heterocycles. The van der Waals surface area contributed by atoms with Crippen LogP contribution in [0.2, 0.25) is 0 Å². The second kappa shape index (κ2) is 9.57. The number of halogens is 5. The average Bonchev–Trinajstić information content (AvgIpc) is 2.75. The normalized spacial score (nSPS) is 11.8. The number of hydrogen-bond donors (Lipinski definition) is 2. The number of ether oxygens (including phenoxy) is 1. The summed E-state index contributed by atoms with van der Waals surface area (Å²) in [5.41, 5.74) is 0.107. The first-order chi connectivity index (χ1) is 15.5. The van der Waals surface area contributed by atoms with Crippen LogP contribution in [0.3, 0.4) is 0 Å². The van der Waals surface area contributed by atoms with Crippen LogP contribution < -0.4 is 15.4 Å². The van der Waals surface area contributed by atoms with Gasteiger partial charge in [-0.3, -0.25) is 0 Å². The van der Waals surface area contributed by atoms with Crippen LogP contribution >= 0.6 is 0 Å². The molecule has 0 spiro atoms. The molecule has 13 heteroatoms. The summed E-state index contributed by atoms with van der Waals surface area (Å²) in [5, 5.41) is 5.44. The number of nitrogens with zero attached hydrogens (tertiary/aromatic N) is 2. The number of anilines is 4. The first-order valence-corrected chi connectivity index (χ1v) is 11.0. The highest BCUT2D eigenvalue weighted by atomic mass is 32.2. The molecule has 0 amide bonds. The van der Waals surface area contributed by atoms with Crippen LogP contribution in [0, 0.1) is 11.6 Å². The second-order valence-electron chi connectivity index (χ2n) is 6.63. The first-order valence-electron chi connectivity index (χ1n) is 9.34. The number of nitrogens with one attached hydrogen (secondary N) is 2. The molecule has 1 heterocycles. The minimum atomic E-state index is -4.61. The van der Waals surface area contributed by atoms with Crippen LogP contribution in [-0.2, 0) is 9.84 Å². The van der Waals surface area contributed by atoms with Crippen LogP contribution in [0.15, 0.2) is 53.7 Å². The van der Waals surface area contributed by atoms with E-state index in [-0.39, 0.29) is 39.4 Å². The quantitative estimate of drug-likeness (QED) is 0.432. The van der Waals surface area contributed by atoms with E-state index in [1.807, 2.05) is 0 Å². The molecule has 0 aliphatic heterocycles. The molecule has 33 heavy (non-hydrogen) atoms. The SMILES string of the molecule is CCS(=O)(=O)c1ccc(OCC(F)(F)F)c(Nc2cc(Nc3ccc(F)c(F)c3)ncn2)c1. The third kappa shape index (κ3) is 6.51. The second-order valence-corrected chi connectivity index (χ2v) is 8.91. The summed E-state index contributed by atoms with van der Waals surface area (Å²) < 4.78 is 93.6. The minimum Gasteiger partial charge on any atom is -0.482 e. The molecule has 0 aliphatic rings. The molecule has 0 saturated carbocycles. The smallest absolute Gasteiger partial charge is 0.422 e. The molecule has 176 valence electrons. The molecular weight excluding hydrogens is 471 g/mol. The van der Waals surface area contributed by atoms with Gasteiger partial charge in [-0.1, -0.05) is 6.92 Å². The van der Waals surface area contributed by atoms with Gasteiger partial charge in [-0.15, -0.1) is 0 Å². The molecule has 0 unspecified atom stereocenters. The predicted molar refractivity (Wildman–Crippen MR) is 111 cm³/mol. The van der Waals surface area contributed by atoms with Crippen LogP contribution in [0.5, 0.6) is 5.75 Å². The van der Waals surface area contributed by atoms with E-state index in [1.54, 1.807) is 0 Å². The third-order valence-electron chi connectivity index (χ3n) is 4.20. The van der Waals surface area contributed by atoms with Crippen molar-refractivity contribution < 1.29 is 35.1 Å². The molecule has 0 atom stereocenters. The van der Waals surface area contributed by atoms with Crippen molar-refractivity contribution in [1.82, 2.24) is 9.97 Å². The molecular formula is C20H17F5N4O3S. The molecule has 1 aromatic heterocycles. The Balaban J connectivity index is 1.90. The summed E-state index contributed by atoms with van der Waals surface area (Å²) in [4.78, 5) is 7.76. The van der Waals surface area contributed by atoms with Crippen molar-refractivity contribution >= 4 is 32.8 Å². The largest absolute Gasteiger partial charge is 0.482 e. The van der Waals surface area contributed by atoms with Crippen LogP contribution in [0.4, 0.5) is 45.0 Å². The standard InChI is InChI=1S/C20H17F5N4O3S/c1-2-33(30,31)13-4-6-17(32-10-20(23,24)25)16(8-13)29-19-9-18(26-11-27-19)28-12-3-5-14(21)15(22)7-12/h3-9,11H,2,10H2,1H3,(H2,26,27,28,29). The lowest BCUT2D eigenvalue weighted by Crippen LogP contribution is -2.19. The number of alkyl halides is 3. The Morgan fingerprint density at radius 2 is 1.64 bits per heavy atom. The van der Waals surface area contributed by atoms with E-state index in [2.05, 4.69) is 20.6 Å². The van der Waals surface area contributed by atoms with Crippen LogP contribution in [0.25, 0.3) is 0 Å². The van der Waals surface area contributed by atoms with Crippen molar-refractivity contribution in [3.05, 3.63) is 60.4 Å². The Kier molecular flexibility index (Phi) is 7.01. The van der Waals surface area contributed by atoms with Gasteiger partial charge >= 0.3 is 6.18 Å². The number of hydrogen-bond acceptors (Lipinski definition) is 7. The summed E-state index contributed by atoms with van der Waals surface area (Å²) in [6.07, 6.45) is -3.50. The fraction of sp³-hybridized carbons (Fsp3) is 0.200. The van der Waals surface area contributed by atoms with Gasteiger partial charge in [0.15, 0.2) is 28.1 Å². The van der Waals surface area contributed by atoms with Gasteiger partial charge in [-0.05, 0) is 30.3 Å². The Hall–Kier alpha value is -3.48. The van der Waals surface area contributed by atoms with Crippen molar-refractivity contribution in [3.8, 4) is 5.75 Å². The Labute approximate surface area is 185 Å². The van der Waals surface area contributed by atoms with Crippen molar-refractivity contribution in [3.63, 3.8) is 0 Å². The number of rotatable bonds is 8. The number of aromatic nitrogens is 2. The molecule has 0 fully saturated rings. The summed E-state index contributed by atoms with van der Waals surface area (Å²) >= 11 is 0. The maximum atomic E-state index is 13.4. The van der Waals surface area contributed by atoms with E-state index in [9.17, 15) is 30.4 Å². The van der Waals surface area contributed by atoms with Crippen LogP contribution in [0.1, 0.15) is 6.92 Å². The Morgan fingerprint density at radius 1 is 0.939 bits per heavy atom. The number of sulfone groups is 1. The molecule has 7 nitrogen and oxygen atoms in total. The van der Waals surface area contributed by atoms with Gasteiger partial charge in [-0.25, -0.2) is 27.2 Å². The highest BCUT2D eigenvalue weighted by molar-refractivity contribution is 7.91. The highest BCUT2D eigenvalue weighted by Crippen LogP contribution is 2.32. The molecule has 0 radical (unpaired) electrons. The minimum absolute atomic E-state index is 0.0676. The van der Waals surface area contributed by atoms with Gasteiger partial charge in [0.2, 0.25) is 0 Å². The zero-order valence-electron chi connectivity index (χ0n) is 17.0. The van der Waals surface area contributed by atoms with Crippen molar-refractivity contribution in [2.24, 2.45) is 0 Å². The van der Waals surface area contributed by atoms with Crippen molar-refractivity contribution in [2.45, 2.75) is 18.0 Å². The van der Waals surface area contributed by atoms with Crippen LogP contribution in [-0.4, -0.2) is 36.9 Å². The van der Waals surface area contributed by atoms with E-state index >= 15 is 0 Å². The van der Waals surface area contributed by atoms with Gasteiger partial charge in [-0.2, -0.15) is 13.2 Å². The summed E-state index contributed by atoms with van der Waals surface area (Å²) in [7, 11) is -3.66. The highest BCUT2D eigenvalue weighted by Gasteiger charge is 2.29. The molecule has 3 aromatic rings. The lowest BCUT2D eigenvalue weighted by Gasteiger charge is -2.16. The van der Waals surface area contributed by atoms with E-state index in [1.165, 1.54) is 19.1 Å².